The molecular formula is C12H25NO. The van der Waals surface area contributed by atoms with Crippen molar-refractivity contribution in [2.75, 3.05) is 19.7 Å². The predicted octanol–water partition coefficient (Wildman–Crippen LogP) is 2.13. The highest BCUT2D eigenvalue weighted by Crippen LogP contribution is 2.25. The maximum atomic E-state index is 9.28. The van der Waals surface area contributed by atoms with Gasteiger partial charge in [0.05, 0.1) is 6.61 Å². The fourth-order valence-electron chi connectivity index (χ4n) is 2.38. The summed E-state index contributed by atoms with van der Waals surface area (Å²) in [6.45, 7) is 9.47. The Morgan fingerprint density at radius 2 is 2.00 bits per heavy atom. The summed E-state index contributed by atoms with van der Waals surface area (Å²) >= 11 is 0. The van der Waals surface area contributed by atoms with Crippen molar-refractivity contribution in [3.8, 4) is 0 Å². The Labute approximate surface area is 88.3 Å². The summed E-state index contributed by atoms with van der Waals surface area (Å²) < 4.78 is 0. The Morgan fingerprint density at radius 3 is 2.43 bits per heavy atom. The third kappa shape index (κ3) is 3.25. The van der Waals surface area contributed by atoms with E-state index in [9.17, 15) is 5.11 Å². The summed E-state index contributed by atoms with van der Waals surface area (Å²) in [4.78, 5) is 2.44. The van der Waals surface area contributed by atoms with Crippen LogP contribution in [0.15, 0.2) is 0 Å². The smallest absolute Gasteiger partial charge is 0.0586 e. The van der Waals surface area contributed by atoms with Crippen LogP contribution in [0.1, 0.15) is 40.0 Å². The molecule has 1 rings (SSSR count). The van der Waals surface area contributed by atoms with E-state index in [1.165, 1.54) is 25.9 Å². The van der Waals surface area contributed by atoms with Crippen molar-refractivity contribution in [1.82, 2.24) is 4.90 Å². The minimum absolute atomic E-state index is 0.330. The molecule has 0 spiro atoms. The van der Waals surface area contributed by atoms with Gasteiger partial charge in [-0.2, -0.15) is 0 Å². The molecule has 1 atom stereocenters. The van der Waals surface area contributed by atoms with E-state index in [1.54, 1.807) is 0 Å². The van der Waals surface area contributed by atoms with Gasteiger partial charge in [-0.1, -0.05) is 27.2 Å². The molecule has 1 aliphatic heterocycles. The topological polar surface area (TPSA) is 23.5 Å². The Bertz CT molecular complexity index is 152. The number of nitrogens with zero attached hydrogens (tertiary/aromatic N) is 1. The highest BCUT2D eigenvalue weighted by atomic mass is 16.3. The molecule has 2 nitrogen and oxygen atoms in total. The summed E-state index contributed by atoms with van der Waals surface area (Å²) in [5.41, 5.74) is 0. The van der Waals surface area contributed by atoms with Crippen LogP contribution in [-0.4, -0.2) is 35.7 Å². The van der Waals surface area contributed by atoms with Gasteiger partial charge in [0.2, 0.25) is 0 Å². The zero-order valence-corrected chi connectivity index (χ0v) is 9.87. The van der Waals surface area contributed by atoms with E-state index in [4.69, 9.17) is 0 Å². The lowest BCUT2D eigenvalue weighted by Gasteiger charge is -2.44. The van der Waals surface area contributed by atoms with Crippen LogP contribution in [0.4, 0.5) is 0 Å². The van der Waals surface area contributed by atoms with E-state index < -0.39 is 0 Å². The third-order valence-corrected chi connectivity index (χ3v) is 3.15. The molecule has 0 saturated carbocycles. The fraction of sp³-hybridized carbons (Fsp3) is 1.00. The van der Waals surface area contributed by atoms with Gasteiger partial charge in [0, 0.05) is 19.1 Å². The summed E-state index contributed by atoms with van der Waals surface area (Å²) in [5, 5.41) is 9.28. The highest BCUT2D eigenvalue weighted by molar-refractivity contribution is 4.85. The summed E-state index contributed by atoms with van der Waals surface area (Å²) in [6, 6.07) is 0.420. The summed E-state index contributed by atoms with van der Waals surface area (Å²) in [7, 11) is 0. The normalized spacial score (nSPS) is 21.2. The van der Waals surface area contributed by atoms with Crippen molar-refractivity contribution in [1.29, 1.82) is 0 Å². The van der Waals surface area contributed by atoms with Crippen molar-refractivity contribution in [3.63, 3.8) is 0 Å². The number of aliphatic hydroxyl groups excluding tert-OH is 1. The van der Waals surface area contributed by atoms with Gasteiger partial charge in [-0.05, 0) is 24.7 Å². The molecule has 0 aromatic rings. The highest BCUT2D eigenvalue weighted by Gasteiger charge is 2.31. The molecule has 0 aliphatic carbocycles. The maximum Gasteiger partial charge on any atom is 0.0586 e. The van der Waals surface area contributed by atoms with Crippen molar-refractivity contribution < 1.29 is 5.11 Å². The standard InChI is InChI=1S/C12H25NO/c1-4-5-11-7-13(8-11)12(9-14)6-10(2)3/h10-12,14H,4-9H2,1-3H3. The van der Waals surface area contributed by atoms with E-state index >= 15 is 0 Å². The van der Waals surface area contributed by atoms with Gasteiger partial charge >= 0.3 is 0 Å². The van der Waals surface area contributed by atoms with Gasteiger partial charge in [-0.25, -0.2) is 0 Å². The first-order valence-corrected chi connectivity index (χ1v) is 6.02. The molecule has 1 aliphatic rings. The molecule has 1 unspecified atom stereocenters. The average Bonchev–Trinajstić information content (AvgIpc) is 2.07. The largest absolute Gasteiger partial charge is 0.395 e. The summed E-state index contributed by atoms with van der Waals surface area (Å²) in [5.74, 6) is 1.60. The molecular weight excluding hydrogens is 174 g/mol. The number of likely N-dealkylation sites (tertiary alicyclic amines) is 1. The fourth-order valence-corrected chi connectivity index (χ4v) is 2.38. The molecule has 1 saturated heterocycles. The molecule has 1 fully saturated rings. The molecule has 0 aromatic carbocycles. The molecule has 14 heavy (non-hydrogen) atoms. The van der Waals surface area contributed by atoms with Crippen molar-refractivity contribution in [2.45, 2.75) is 46.1 Å². The first-order chi connectivity index (χ1) is 6.67. The molecule has 0 amide bonds. The molecule has 1 N–H and O–H groups in total. The second-order valence-corrected chi connectivity index (χ2v) is 5.07. The van der Waals surface area contributed by atoms with Crippen LogP contribution in [0.5, 0.6) is 0 Å². The number of aliphatic hydroxyl groups is 1. The SMILES string of the molecule is CCCC1CN(C(CO)CC(C)C)C1. The number of hydrogen-bond acceptors (Lipinski definition) is 2. The van der Waals surface area contributed by atoms with Crippen LogP contribution in [-0.2, 0) is 0 Å². The Hall–Kier alpha value is -0.0800. The van der Waals surface area contributed by atoms with Gasteiger partial charge in [0.25, 0.3) is 0 Å². The summed E-state index contributed by atoms with van der Waals surface area (Å²) in [6.07, 6.45) is 3.79. The lowest BCUT2D eigenvalue weighted by molar-refractivity contribution is 0.0116. The van der Waals surface area contributed by atoms with Crippen LogP contribution in [0.3, 0.4) is 0 Å². The van der Waals surface area contributed by atoms with Crippen LogP contribution >= 0.6 is 0 Å². The molecule has 0 aromatic heterocycles. The van der Waals surface area contributed by atoms with E-state index in [0.29, 0.717) is 18.6 Å². The average molecular weight is 199 g/mol. The van der Waals surface area contributed by atoms with Gasteiger partial charge < -0.3 is 5.11 Å². The first-order valence-electron chi connectivity index (χ1n) is 6.02. The van der Waals surface area contributed by atoms with Gasteiger partial charge in [-0.3, -0.25) is 4.90 Å². The van der Waals surface area contributed by atoms with Crippen molar-refractivity contribution in [2.24, 2.45) is 11.8 Å². The van der Waals surface area contributed by atoms with Crippen LogP contribution < -0.4 is 0 Å². The van der Waals surface area contributed by atoms with Crippen molar-refractivity contribution >= 4 is 0 Å². The second-order valence-electron chi connectivity index (χ2n) is 5.07. The van der Waals surface area contributed by atoms with Gasteiger partial charge in [-0.15, -0.1) is 0 Å². The zero-order chi connectivity index (χ0) is 10.6. The monoisotopic (exact) mass is 199 g/mol. The van der Waals surface area contributed by atoms with E-state index in [1.807, 2.05) is 0 Å². The first kappa shape index (κ1) is 12.0. The van der Waals surface area contributed by atoms with Gasteiger partial charge in [0.15, 0.2) is 0 Å². The predicted molar refractivity (Wildman–Crippen MR) is 60.3 cm³/mol. The van der Waals surface area contributed by atoms with E-state index in [0.717, 1.165) is 12.3 Å². The van der Waals surface area contributed by atoms with Crippen molar-refractivity contribution in [3.05, 3.63) is 0 Å². The number of rotatable bonds is 6. The van der Waals surface area contributed by atoms with E-state index in [-0.39, 0.29) is 0 Å². The molecule has 0 bridgehead atoms. The second kappa shape index (κ2) is 5.72. The lowest BCUT2D eigenvalue weighted by atomic mass is 9.91. The number of hydrogen-bond donors (Lipinski definition) is 1. The molecule has 2 heteroatoms. The zero-order valence-electron chi connectivity index (χ0n) is 9.87. The van der Waals surface area contributed by atoms with Crippen LogP contribution in [0.2, 0.25) is 0 Å². The molecule has 0 radical (unpaired) electrons. The minimum atomic E-state index is 0.330. The van der Waals surface area contributed by atoms with Crippen LogP contribution in [0.25, 0.3) is 0 Å². The minimum Gasteiger partial charge on any atom is -0.395 e. The molecule has 1 heterocycles. The third-order valence-electron chi connectivity index (χ3n) is 3.15. The quantitative estimate of drug-likeness (QED) is 0.708. The Morgan fingerprint density at radius 1 is 1.36 bits per heavy atom. The Kier molecular flexibility index (Phi) is 4.90. The molecule has 84 valence electrons. The van der Waals surface area contributed by atoms with E-state index in [2.05, 4.69) is 25.7 Å². The maximum absolute atomic E-state index is 9.28. The Balaban J connectivity index is 2.21. The lowest BCUT2D eigenvalue weighted by Crippen LogP contribution is -2.53. The van der Waals surface area contributed by atoms with Gasteiger partial charge in [0.1, 0.15) is 0 Å². The van der Waals surface area contributed by atoms with Crippen LogP contribution in [0, 0.1) is 11.8 Å².